The number of benzene rings is 1. The standard InChI is InChI=1S/C19H17F3N4O2S/c20-19(21,22)14-4-1-3-13(11-14)17-23-16(28-24-17)12-25-6-8-26(9-7-25)18(27)15-5-2-10-29-15/h1-5,10-11H,6-9,12H2. The summed E-state index contributed by atoms with van der Waals surface area (Å²) in [6, 6.07) is 8.50. The minimum Gasteiger partial charge on any atom is -0.338 e. The molecule has 0 radical (unpaired) electrons. The van der Waals surface area contributed by atoms with Crippen LogP contribution in [0.5, 0.6) is 0 Å². The van der Waals surface area contributed by atoms with Gasteiger partial charge in [-0.25, -0.2) is 0 Å². The van der Waals surface area contributed by atoms with Gasteiger partial charge in [0.25, 0.3) is 5.91 Å². The molecule has 0 aliphatic carbocycles. The molecular weight excluding hydrogens is 405 g/mol. The smallest absolute Gasteiger partial charge is 0.338 e. The van der Waals surface area contributed by atoms with Gasteiger partial charge in [-0.1, -0.05) is 23.4 Å². The number of thiophene rings is 1. The van der Waals surface area contributed by atoms with E-state index in [0.717, 1.165) is 17.0 Å². The van der Waals surface area contributed by atoms with Gasteiger partial charge in [0.05, 0.1) is 17.0 Å². The van der Waals surface area contributed by atoms with Crippen molar-refractivity contribution in [3.63, 3.8) is 0 Å². The molecule has 0 saturated carbocycles. The molecule has 0 bridgehead atoms. The highest BCUT2D eigenvalue weighted by molar-refractivity contribution is 7.12. The lowest BCUT2D eigenvalue weighted by molar-refractivity contribution is -0.137. The maximum Gasteiger partial charge on any atom is 0.416 e. The number of carbonyl (C=O) groups is 1. The normalized spacial score (nSPS) is 15.6. The highest BCUT2D eigenvalue weighted by atomic mass is 32.1. The van der Waals surface area contributed by atoms with Crippen LogP contribution in [-0.4, -0.2) is 52.0 Å². The molecule has 0 N–H and O–H groups in total. The third kappa shape index (κ3) is 4.48. The summed E-state index contributed by atoms with van der Waals surface area (Å²) < 4.78 is 43.9. The summed E-state index contributed by atoms with van der Waals surface area (Å²) in [4.78, 5) is 21.2. The lowest BCUT2D eigenvalue weighted by atomic mass is 10.1. The fraction of sp³-hybridized carbons (Fsp3) is 0.316. The van der Waals surface area contributed by atoms with Gasteiger partial charge in [-0.15, -0.1) is 11.3 Å². The summed E-state index contributed by atoms with van der Waals surface area (Å²) in [7, 11) is 0. The minimum absolute atomic E-state index is 0.0317. The number of carbonyl (C=O) groups excluding carboxylic acids is 1. The molecule has 1 aliphatic rings. The van der Waals surface area contributed by atoms with Crippen molar-refractivity contribution in [3.8, 4) is 11.4 Å². The van der Waals surface area contributed by atoms with Crippen LogP contribution in [-0.2, 0) is 12.7 Å². The van der Waals surface area contributed by atoms with E-state index in [4.69, 9.17) is 4.52 Å². The van der Waals surface area contributed by atoms with Crippen molar-refractivity contribution in [3.05, 3.63) is 58.1 Å². The Labute approximate surface area is 168 Å². The molecule has 0 unspecified atom stereocenters. The Morgan fingerprint density at radius 1 is 1.14 bits per heavy atom. The zero-order chi connectivity index (χ0) is 20.4. The maximum absolute atomic E-state index is 12.9. The van der Waals surface area contributed by atoms with E-state index >= 15 is 0 Å². The fourth-order valence-electron chi connectivity index (χ4n) is 3.13. The molecule has 6 nitrogen and oxygen atoms in total. The van der Waals surface area contributed by atoms with E-state index in [9.17, 15) is 18.0 Å². The van der Waals surface area contributed by atoms with E-state index in [2.05, 4.69) is 15.0 Å². The van der Waals surface area contributed by atoms with Crippen LogP contribution in [0.25, 0.3) is 11.4 Å². The second-order valence-electron chi connectivity index (χ2n) is 6.64. The molecule has 4 rings (SSSR count). The fourth-order valence-corrected chi connectivity index (χ4v) is 3.82. The van der Waals surface area contributed by atoms with Gasteiger partial charge in [0, 0.05) is 31.7 Å². The van der Waals surface area contributed by atoms with E-state index in [0.29, 0.717) is 38.6 Å². The second kappa shape index (κ2) is 7.96. The van der Waals surface area contributed by atoms with E-state index in [1.165, 1.54) is 23.5 Å². The van der Waals surface area contributed by atoms with Crippen LogP contribution >= 0.6 is 11.3 Å². The van der Waals surface area contributed by atoms with Crippen molar-refractivity contribution < 1.29 is 22.5 Å². The van der Waals surface area contributed by atoms with Gasteiger partial charge in [0.1, 0.15) is 0 Å². The highest BCUT2D eigenvalue weighted by Crippen LogP contribution is 2.31. The van der Waals surface area contributed by atoms with Crippen molar-refractivity contribution in [1.29, 1.82) is 0 Å². The predicted octanol–water partition coefficient (Wildman–Crippen LogP) is 3.77. The van der Waals surface area contributed by atoms with Crippen LogP contribution in [0.15, 0.2) is 46.3 Å². The van der Waals surface area contributed by atoms with Gasteiger partial charge in [0.2, 0.25) is 11.7 Å². The molecule has 0 atom stereocenters. The molecule has 1 fully saturated rings. The number of halogens is 3. The van der Waals surface area contributed by atoms with Crippen molar-refractivity contribution in [1.82, 2.24) is 19.9 Å². The first kappa shape index (κ1) is 19.6. The Kier molecular flexibility index (Phi) is 5.37. The first-order valence-electron chi connectivity index (χ1n) is 8.95. The van der Waals surface area contributed by atoms with E-state index < -0.39 is 11.7 Å². The van der Waals surface area contributed by atoms with E-state index in [1.807, 2.05) is 22.4 Å². The summed E-state index contributed by atoms with van der Waals surface area (Å²) in [5, 5.41) is 5.68. The minimum atomic E-state index is -4.43. The van der Waals surface area contributed by atoms with Crippen molar-refractivity contribution in [2.75, 3.05) is 26.2 Å². The zero-order valence-electron chi connectivity index (χ0n) is 15.2. The zero-order valence-corrected chi connectivity index (χ0v) is 16.0. The number of rotatable bonds is 4. The topological polar surface area (TPSA) is 62.5 Å². The van der Waals surface area contributed by atoms with Gasteiger partial charge in [-0.05, 0) is 23.6 Å². The number of nitrogens with zero attached hydrogens (tertiary/aromatic N) is 4. The Morgan fingerprint density at radius 3 is 2.62 bits per heavy atom. The molecule has 3 heterocycles. The van der Waals surface area contributed by atoms with Crippen LogP contribution < -0.4 is 0 Å². The maximum atomic E-state index is 12.9. The summed E-state index contributed by atoms with van der Waals surface area (Å²) in [5.41, 5.74) is -0.505. The molecule has 1 amide bonds. The first-order valence-corrected chi connectivity index (χ1v) is 9.83. The van der Waals surface area contributed by atoms with Crippen LogP contribution in [0.3, 0.4) is 0 Å². The lowest BCUT2D eigenvalue weighted by Gasteiger charge is -2.33. The molecule has 1 aliphatic heterocycles. The van der Waals surface area contributed by atoms with Crippen LogP contribution in [0, 0.1) is 0 Å². The summed E-state index contributed by atoms with van der Waals surface area (Å²) in [6.07, 6.45) is -4.43. The van der Waals surface area contributed by atoms with Gasteiger partial charge in [-0.3, -0.25) is 9.69 Å². The molecule has 152 valence electrons. The van der Waals surface area contributed by atoms with Gasteiger partial charge in [-0.2, -0.15) is 18.2 Å². The average Bonchev–Trinajstić information content (AvgIpc) is 3.40. The third-order valence-electron chi connectivity index (χ3n) is 4.67. The Morgan fingerprint density at radius 2 is 1.93 bits per heavy atom. The van der Waals surface area contributed by atoms with Crippen LogP contribution in [0.4, 0.5) is 13.2 Å². The van der Waals surface area contributed by atoms with Crippen molar-refractivity contribution in [2.24, 2.45) is 0 Å². The third-order valence-corrected chi connectivity index (χ3v) is 5.52. The molecule has 1 aromatic carbocycles. The summed E-state index contributed by atoms with van der Waals surface area (Å²) in [5.74, 6) is 0.484. The first-order chi connectivity index (χ1) is 13.9. The lowest BCUT2D eigenvalue weighted by Crippen LogP contribution is -2.48. The SMILES string of the molecule is O=C(c1cccs1)N1CCN(Cc2nc(-c3cccc(C(F)(F)F)c3)no2)CC1. The van der Waals surface area contributed by atoms with Gasteiger partial charge in [0.15, 0.2) is 0 Å². The number of hydrogen-bond donors (Lipinski definition) is 0. The molecular formula is C19H17F3N4O2S. The Balaban J connectivity index is 1.36. The number of alkyl halides is 3. The average molecular weight is 422 g/mol. The highest BCUT2D eigenvalue weighted by Gasteiger charge is 2.31. The van der Waals surface area contributed by atoms with Crippen LogP contribution in [0.2, 0.25) is 0 Å². The van der Waals surface area contributed by atoms with E-state index in [1.54, 1.807) is 0 Å². The van der Waals surface area contributed by atoms with Gasteiger partial charge < -0.3 is 9.42 Å². The monoisotopic (exact) mass is 422 g/mol. The van der Waals surface area contributed by atoms with Crippen molar-refractivity contribution in [2.45, 2.75) is 12.7 Å². The Bertz CT molecular complexity index is 980. The second-order valence-corrected chi connectivity index (χ2v) is 7.58. The molecule has 1 saturated heterocycles. The molecule has 2 aromatic heterocycles. The Hall–Kier alpha value is -2.72. The molecule has 0 spiro atoms. The van der Waals surface area contributed by atoms with Crippen LogP contribution in [0.1, 0.15) is 21.1 Å². The summed E-state index contributed by atoms with van der Waals surface area (Å²) in [6.45, 7) is 2.86. The number of piperazine rings is 1. The van der Waals surface area contributed by atoms with Crippen molar-refractivity contribution >= 4 is 17.2 Å². The number of amides is 1. The largest absolute Gasteiger partial charge is 0.416 e. The molecule has 29 heavy (non-hydrogen) atoms. The molecule has 10 heteroatoms. The predicted molar refractivity (Wildman–Crippen MR) is 100 cm³/mol. The molecule has 3 aromatic rings. The summed E-state index contributed by atoms with van der Waals surface area (Å²) >= 11 is 1.42. The quantitative estimate of drug-likeness (QED) is 0.641. The van der Waals surface area contributed by atoms with E-state index in [-0.39, 0.29) is 17.3 Å². The van der Waals surface area contributed by atoms with Gasteiger partial charge >= 0.3 is 6.18 Å². The number of aromatic nitrogens is 2. The number of hydrogen-bond acceptors (Lipinski definition) is 6.